The number of allylic oxidation sites excluding steroid dienone is 4. The van der Waals surface area contributed by atoms with E-state index in [1.165, 1.54) is 0 Å². The molecule has 0 aliphatic carbocycles. The lowest BCUT2D eigenvalue weighted by Gasteiger charge is -2.17. The molecule has 1 aliphatic heterocycles. The van der Waals surface area contributed by atoms with E-state index in [4.69, 9.17) is 4.99 Å². The van der Waals surface area contributed by atoms with Gasteiger partial charge in [0.1, 0.15) is 0 Å². The number of para-hydroxylation sites is 1. The number of nitrogens with zero attached hydrogens (tertiary/aromatic N) is 1. The molecule has 0 saturated carbocycles. The SMILES string of the molecule is C/C=C/C=C1/C(=O)c2ccccc2N=C1c1ccccc1. The zero-order valence-corrected chi connectivity index (χ0v) is 11.8. The van der Waals surface area contributed by atoms with Gasteiger partial charge in [0, 0.05) is 16.7 Å². The molecule has 2 aromatic rings. The van der Waals surface area contributed by atoms with Gasteiger partial charge >= 0.3 is 0 Å². The third kappa shape index (κ3) is 2.48. The number of hydrogen-bond acceptors (Lipinski definition) is 2. The van der Waals surface area contributed by atoms with E-state index < -0.39 is 0 Å². The Kier molecular flexibility index (Phi) is 3.61. The van der Waals surface area contributed by atoms with Gasteiger partial charge in [0.15, 0.2) is 5.78 Å². The van der Waals surface area contributed by atoms with Crippen molar-refractivity contribution in [2.75, 3.05) is 0 Å². The van der Waals surface area contributed by atoms with Gasteiger partial charge in [-0.05, 0) is 25.1 Å². The molecule has 21 heavy (non-hydrogen) atoms. The number of rotatable bonds is 2. The molecule has 2 heteroatoms. The Balaban J connectivity index is 2.23. The molecule has 0 aromatic heterocycles. The van der Waals surface area contributed by atoms with Crippen LogP contribution in [0.5, 0.6) is 0 Å². The molecular formula is C19H15NO. The Morgan fingerprint density at radius 1 is 0.952 bits per heavy atom. The summed E-state index contributed by atoms with van der Waals surface area (Å²) in [6.45, 7) is 1.93. The number of ketones is 1. The highest BCUT2D eigenvalue weighted by atomic mass is 16.1. The van der Waals surface area contributed by atoms with E-state index in [9.17, 15) is 4.79 Å². The minimum absolute atomic E-state index is 0.0255. The number of fused-ring (bicyclic) bond motifs is 1. The van der Waals surface area contributed by atoms with Crippen molar-refractivity contribution in [1.29, 1.82) is 0 Å². The predicted molar refractivity (Wildman–Crippen MR) is 86.3 cm³/mol. The Hall–Kier alpha value is -2.74. The van der Waals surface area contributed by atoms with Crippen LogP contribution in [0.25, 0.3) is 0 Å². The van der Waals surface area contributed by atoms with Crippen LogP contribution < -0.4 is 0 Å². The summed E-state index contributed by atoms with van der Waals surface area (Å²) in [5, 5.41) is 0. The number of benzene rings is 2. The van der Waals surface area contributed by atoms with Gasteiger partial charge in [0.05, 0.1) is 11.4 Å². The van der Waals surface area contributed by atoms with E-state index in [1.807, 2.05) is 79.7 Å². The maximum Gasteiger partial charge on any atom is 0.197 e. The second-order valence-corrected chi connectivity index (χ2v) is 4.78. The summed E-state index contributed by atoms with van der Waals surface area (Å²) < 4.78 is 0. The van der Waals surface area contributed by atoms with E-state index >= 15 is 0 Å². The summed E-state index contributed by atoms with van der Waals surface area (Å²) in [5.41, 5.74) is 3.72. The van der Waals surface area contributed by atoms with Crippen molar-refractivity contribution in [2.24, 2.45) is 4.99 Å². The first-order valence-corrected chi connectivity index (χ1v) is 6.92. The van der Waals surface area contributed by atoms with Gasteiger partial charge in [0.25, 0.3) is 0 Å². The van der Waals surface area contributed by atoms with Crippen LogP contribution in [0.15, 0.2) is 83.4 Å². The highest BCUT2D eigenvalue weighted by molar-refractivity contribution is 6.36. The molecule has 1 heterocycles. The minimum atomic E-state index is 0.0255. The molecule has 2 aromatic carbocycles. The minimum Gasteiger partial charge on any atom is -0.288 e. The first-order valence-electron chi connectivity index (χ1n) is 6.92. The average molecular weight is 273 g/mol. The van der Waals surface area contributed by atoms with E-state index in [1.54, 1.807) is 0 Å². The van der Waals surface area contributed by atoms with Crippen molar-refractivity contribution >= 4 is 17.2 Å². The smallest absolute Gasteiger partial charge is 0.197 e. The van der Waals surface area contributed by atoms with Crippen LogP contribution >= 0.6 is 0 Å². The summed E-state index contributed by atoms with van der Waals surface area (Å²) in [6.07, 6.45) is 5.62. The number of Topliss-reactive ketones (excluding diaryl/α,β-unsaturated/α-hetero) is 1. The zero-order chi connectivity index (χ0) is 14.7. The van der Waals surface area contributed by atoms with Crippen molar-refractivity contribution < 1.29 is 4.79 Å². The highest BCUT2D eigenvalue weighted by Gasteiger charge is 2.25. The third-order valence-electron chi connectivity index (χ3n) is 3.38. The summed E-state index contributed by atoms with van der Waals surface area (Å²) in [4.78, 5) is 17.4. The Bertz CT molecular complexity index is 767. The molecule has 0 radical (unpaired) electrons. The van der Waals surface area contributed by atoms with Crippen molar-refractivity contribution in [1.82, 2.24) is 0 Å². The van der Waals surface area contributed by atoms with Crippen LogP contribution in [0, 0.1) is 0 Å². The predicted octanol–water partition coefficient (Wildman–Crippen LogP) is 4.51. The van der Waals surface area contributed by atoms with Gasteiger partial charge < -0.3 is 0 Å². The van der Waals surface area contributed by atoms with Crippen LogP contribution in [0.4, 0.5) is 5.69 Å². The normalized spacial score (nSPS) is 16.1. The fourth-order valence-corrected chi connectivity index (χ4v) is 2.36. The van der Waals surface area contributed by atoms with Crippen molar-refractivity contribution in [2.45, 2.75) is 6.92 Å². The fraction of sp³-hybridized carbons (Fsp3) is 0.0526. The van der Waals surface area contributed by atoms with Gasteiger partial charge in [0.2, 0.25) is 0 Å². The average Bonchev–Trinajstić information content (AvgIpc) is 2.55. The maximum absolute atomic E-state index is 12.7. The monoisotopic (exact) mass is 273 g/mol. The standard InChI is InChI=1S/C19H15NO/c1-2-3-11-16-18(14-9-5-4-6-10-14)20-17-13-8-7-12-15(17)19(16)21/h2-13H,1H3/b3-2+,16-11+. The quantitative estimate of drug-likeness (QED) is 0.740. The lowest BCUT2D eigenvalue weighted by atomic mass is 9.91. The van der Waals surface area contributed by atoms with Crippen molar-refractivity contribution in [3.8, 4) is 0 Å². The van der Waals surface area contributed by atoms with Gasteiger partial charge in [-0.2, -0.15) is 0 Å². The number of aliphatic imine (C=N–C) groups is 1. The van der Waals surface area contributed by atoms with Crippen LogP contribution in [-0.4, -0.2) is 11.5 Å². The van der Waals surface area contributed by atoms with Crippen LogP contribution in [0.2, 0.25) is 0 Å². The third-order valence-corrected chi connectivity index (χ3v) is 3.38. The van der Waals surface area contributed by atoms with Gasteiger partial charge in [-0.1, -0.05) is 54.6 Å². The molecule has 3 rings (SSSR count). The molecule has 0 bridgehead atoms. The van der Waals surface area contributed by atoms with Crippen molar-refractivity contribution in [3.63, 3.8) is 0 Å². The van der Waals surface area contributed by atoms with E-state index in [0.29, 0.717) is 11.1 Å². The van der Waals surface area contributed by atoms with Crippen molar-refractivity contribution in [3.05, 3.63) is 89.5 Å². The summed E-state index contributed by atoms with van der Waals surface area (Å²) in [5.74, 6) is 0.0255. The number of carbonyl (C=O) groups excluding carboxylic acids is 1. The Morgan fingerprint density at radius 3 is 2.43 bits per heavy atom. The summed E-state index contributed by atoms with van der Waals surface area (Å²) in [7, 11) is 0. The van der Waals surface area contributed by atoms with E-state index in [2.05, 4.69) is 0 Å². The molecule has 1 aliphatic rings. The topological polar surface area (TPSA) is 29.4 Å². The first kappa shape index (κ1) is 13.3. The molecule has 0 atom stereocenters. The molecule has 0 fully saturated rings. The Labute approximate surface area is 124 Å². The highest BCUT2D eigenvalue weighted by Crippen LogP contribution is 2.30. The first-order chi connectivity index (χ1) is 10.3. The fourth-order valence-electron chi connectivity index (χ4n) is 2.36. The second-order valence-electron chi connectivity index (χ2n) is 4.78. The van der Waals surface area contributed by atoms with Crippen LogP contribution in [0.1, 0.15) is 22.8 Å². The number of hydrogen-bond donors (Lipinski definition) is 0. The summed E-state index contributed by atoms with van der Waals surface area (Å²) >= 11 is 0. The molecule has 0 N–H and O–H groups in total. The number of carbonyl (C=O) groups is 1. The van der Waals surface area contributed by atoms with Gasteiger partial charge in [-0.3, -0.25) is 4.79 Å². The van der Waals surface area contributed by atoms with Gasteiger partial charge in [-0.25, -0.2) is 4.99 Å². The molecular weight excluding hydrogens is 258 g/mol. The lowest BCUT2D eigenvalue weighted by molar-refractivity contribution is 0.104. The Morgan fingerprint density at radius 2 is 1.67 bits per heavy atom. The molecule has 0 saturated heterocycles. The van der Waals surface area contributed by atoms with Crippen LogP contribution in [-0.2, 0) is 0 Å². The van der Waals surface area contributed by atoms with E-state index in [-0.39, 0.29) is 5.78 Å². The van der Waals surface area contributed by atoms with Crippen LogP contribution in [0.3, 0.4) is 0 Å². The van der Waals surface area contributed by atoms with Gasteiger partial charge in [-0.15, -0.1) is 0 Å². The van der Waals surface area contributed by atoms with E-state index in [0.717, 1.165) is 17.0 Å². The second kappa shape index (κ2) is 5.71. The maximum atomic E-state index is 12.7. The zero-order valence-electron chi connectivity index (χ0n) is 11.8. The summed E-state index contributed by atoms with van der Waals surface area (Å²) in [6, 6.07) is 17.3. The molecule has 102 valence electrons. The largest absolute Gasteiger partial charge is 0.288 e. The lowest BCUT2D eigenvalue weighted by Crippen LogP contribution is -2.18. The molecule has 0 amide bonds. The molecule has 2 nitrogen and oxygen atoms in total. The molecule has 0 unspecified atom stereocenters. The molecule has 0 spiro atoms.